The number of halogens is 1. The van der Waals surface area contributed by atoms with Crippen LogP contribution in [0.15, 0.2) is 36.4 Å². The van der Waals surface area contributed by atoms with E-state index < -0.39 is 5.41 Å². The predicted molar refractivity (Wildman–Crippen MR) is 101 cm³/mol. The van der Waals surface area contributed by atoms with Crippen LogP contribution in [0.1, 0.15) is 18.4 Å². The lowest BCUT2D eigenvalue weighted by atomic mass is 9.79. The van der Waals surface area contributed by atoms with Crippen molar-refractivity contribution in [2.45, 2.75) is 19.4 Å². The number of nitrogens with two attached hydrogens (primary N) is 1. The van der Waals surface area contributed by atoms with Gasteiger partial charge in [-0.3, -0.25) is 4.79 Å². The van der Waals surface area contributed by atoms with Crippen molar-refractivity contribution in [3.05, 3.63) is 42.0 Å². The fraction of sp³-hybridized carbons (Fsp3) is 0.421. The number of carbonyl (C=O) groups is 1. The molecule has 0 bridgehead atoms. The van der Waals surface area contributed by atoms with Crippen LogP contribution in [0.2, 0.25) is 0 Å². The van der Waals surface area contributed by atoms with E-state index in [9.17, 15) is 4.79 Å². The van der Waals surface area contributed by atoms with E-state index in [1.807, 2.05) is 30.3 Å². The van der Waals surface area contributed by atoms with Crippen molar-refractivity contribution in [3.8, 4) is 5.75 Å². The molecule has 0 saturated carbocycles. The zero-order chi connectivity index (χ0) is 17.0. The molecule has 0 aromatic heterocycles. The van der Waals surface area contributed by atoms with Gasteiger partial charge in [-0.2, -0.15) is 0 Å². The van der Waals surface area contributed by atoms with Crippen LogP contribution in [-0.4, -0.2) is 32.8 Å². The molecule has 0 spiro atoms. The number of hydrogen-bond donors (Lipinski definition) is 2. The maximum atomic E-state index is 12.8. The number of hydrogen-bond acceptors (Lipinski definition) is 4. The van der Waals surface area contributed by atoms with E-state index >= 15 is 0 Å². The zero-order valence-corrected chi connectivity index (χ0v) is 15.2. The first-order valence-electron chi connectivity index (χ1n) is 8.31. The van der Waals surface area contributed by atoms with Crippen LogP contribution in [0.4, 0.5) is 0 Å². The van der Waals surface area contributed by atoms with Crippen molar-refractivity contribution in [1.29, 1.82) is 0 Å². The summed E-state index contributed by atoms with van der Waals surface area (Å²) in [5.74, 6) is 0.783. The number of rotatable bonds is 5. The predicted octanol–water partition coefficient (Wildman–Crippen LogP) is 2.64. The summed E-state index contributed by atoms with van der Waals surface area (Å²) in [7, 11) is 1.65. The van der Waals surface area contributed by atoms with Gasteiger partial charge in [0.05, 0.1) is 12.5 Å². The highest BCUT2D eigenvalue weighted by Gasteiger charge is 2.38. The zero-order valence-electron chi connectivity index (χ0n) is 14.4. The van der Waals surface area contributed by atoms with Gasteiger partial charge in [0.1, 0.15) is 5.75 Å². The summed E-state index contributed by atoms with van der Waals surface area (Å²) >= 11 is 0. The fourth-order valence-corrected chi connectivity index (χ4v) is 3.33. The van der Waals surface area contributed by atoms with E-state index in [4.69, 9.17) is 15.2 Å². The highest BCUT2D eigenvalue weighted by Crippen LogP contribution is 2.31. The van der Waals surface area contributed by atoms with Crippen LogP contribution in [0, 0.1) is 5.41 Å². The van der Waals surface area contributed by atoms with Gasteiger partial charge in [0.2, 0.25) is 5.91 Å². The van der Waals surface area contributed by atoms with E-state index in [0.717, 1.165) is 22.1 Å². The quantitative estimate of drug-likeness (QED) is 0.855. The lowest BCUT2D eigenvalue weighted by molar-refractivity contribution is -0.136. The van der Waals surface area contributed by atoms with Crippen molar-refractivity contribution < 1.29 is 14.3 Å². The van der Waals surface area contributed by atoms with Crippen molar-refractivity contribution in [3.63, 3.8) is 0 Å². The summed E-state index contributed by atoms with van der Waals surface area (Å²) in [6.07, 6.45) is 1.34. The molecule has 1 aliphatic rings. The molecule has 0 atom stereocenters. The highest BCUT2D eigenvalue weighted by molar-refractivity contribution is 5.89. The van der Waals surface area contributed by atoms with E-state index in [1.165, 1.54) is 0 Å². The molecule has 1 heterocycles. The molecular formula is C19H25ClN2O3. The lowest BCUT2D eigenvalue weighted by Gasteiger charge is -2.34. The highest BCUT2D eigenvalue weighted by atomic mass is 35.5. The van der Waals surface area contributed by atoms with Crippen molar-refractivity contribution in [1.82, 2.24) is 5.32 Å². The topological polar surface area (TPSA) is 73.6 Å². The Hall–Kier alpha value is -1.82. The van der Waals surface area contributed by atoms with Crippen molar-refractivity contribution >= 4 is 29.1 Å². The number of methoxy groups -OCH3 is 1. The monoisotopic (exact) mass is 364 g/mol. The SMILES string of the molecule is COc1ccc2ccccc2c1CNC(=O)C1(CN)CCOCC1.Cl. The minimum absolute atomic E-state index is 0. The van der Waals surface area contributed by atoms with Gasteiger partial charge in [-0.25, -0.2) is 0 Å². The average molecular weight is 365 g/mol. The van der Waals surface area contributed by atoms with Crippen LogP contribution in [0.3, 0.4) is 0 Å². The van der Waals surface area contributed by atoms with Crippen molar-refractivity contribution in [2.24, 2.45) is 11.1 Å². The number of benzene rings is 2. The molecule has 3 rings (SSSR count). The summed E-state index contributed by atoms with van der Waals surface area (Å²) in [5, 5.41) is 5.29. The first-order valence-corrected chi connectivity index (χ1v) is 8.31. The van der Waals surface area contributed by atoms with Gasteiger partial charge in [0.25, 0.3) is 0 Å². The Labute approximate surface area is 154 Å². The van der Waals surface area contributed by atoms with Crippen LogP contribution < -0.4 is 15.8 Å². The third-order valence-corrected chi connectivity index (χ3v) is 4.97. The summed E-state index contributed by atoms with van der Waals surface area (Å²) in [6.45, 7) is 1.94. The van der Waals surface area contributed by atoms with Crippen LogP contribution in [-0.2, 0) is 16.1 Å². The second-order valence-corrected chi connectivity index (χ2v) is 6.25. The summed E-state index contributed by atoms with van der Waals surface area (Å²) in [4.78, 5) is 12.8. The van der Waals surface area contributed by atoms with E-state index in [0.29, 0.717) is 39.1 Å². The molecule has 5 nitrogen and oxygen atoms in total. The molecule has 1 fully saturated rings. The van der Waals surface area contributed by atoms with Crippen LogP contribution in [0.25, 0.3) is 10.8 Å². The number of amides is 1. The van der Waals surface area contributed by atoms with Crippen molar-refractivity contribution in [2.75, 3.05) is 26.9 Å². The molecule has 6 heteroatoms. The largest absolute Gasteiger partial charge is 0.496 e. The molecule has 3 N–H and O–H groups in total. The first-order chi connectivity index (χ1) is 11.7. The molecule has 1 saturated heterocycles. The second-order valence-electron chi connectivity index (χ2n) is 6.25. The van der Waals surface area contributed by atoms with Gasteiger partial charge in [0, 0.05) is 31.9 Å². The molecule has 0 radical (unpaired) electrons. The van der Waals surface area contributed by atoms with E-state index in [2.05, 4.69) is 11.4 Å². The second kappa shape index (κ2) is 8.52. The summed E-state index contributed by atoms with van der Waals surface area (Å²) in [5.41, 5.74) is 6.38. The Morgan fingerprint density at radius 3 is 2.64 bits per heavy atom. The standard InChI is InChI=1S/C19H24N2O3.ClH/c1-23-17-7-6-14-4-2-3-5-15(14)16(17)12-21-18(22)19(13-20)8-10-24-11-9-19;/h2-7H,8-13,20H2,1H3,(H,21,22);1H. The third kappa shape index (κ3) is 3.89. The summed E-state index contributed by atoms with van der Waals surface area (Å²) < 4.78 is 10.9. The van der Waals surface area contributed by atoms with Gasteiger partial charge in [-0.15, -0.1) is 12.4 Å². The van der Waals surface area contributed by atoms with E-state index in [1.54, 1.807) is 7.11 Å². The Bertz CT molecular complexity index is 730. The maximum Gasteiger partial charge on any atom is 0.227 e. The van der Waals surface area contributed by atoms with Crippen LogP contribution >= 0.6 is 12.4 Å². The van der Waals surface area contributed by atoms with Gasteiger partial charge >= 0.3 is 0 Å². The molecule has 2 aromatic carbocycles. The number of fused-ring (bicyclic) bond motifs is 1. The smallest absolute Gasteiger partial charge is 0.227 e. The van der Waals surface area contributed by atoms with Gasteiger partial charge in [-0.05, 0) is 29.7 Å². The Morgan fingerprint density at radius 1 is 1.24 bits per heavy atom. The normalized spacial score (nSPS) is 16.1. The number of ether oxygens (including phenoxy) is 2. The minimum atomic E-state index is -0.518. The van der Waals surface area contributed by atoms with E-state index in [-0.39, 0.29) is 18.3 Å². The minimum Gasteiger partial charge on any atom is -0.496 e. The molecular weight excluding hydrogens is 340 g/mol. The molecule has 1 aliphatic heterocycles. The maximum absolute atomic E-state index is 12.8. The molecule has 25 heavy (non-hydrogen) atoms. The Kier molecular flexibility index (Phi) is 6.64. The first kappa shape index (κ1) is 19.5. The number of nitrogens with one attached hydrogen (secondary N) is 1. The Balaban J connectivity index is 0.00000225. The third-order valence-electron chi connectivity index (χ3n) is 4.97. The molecule has 0 unspecified atom stereocenters. The number of carbonyl (C=O) groups excluding carboxylic acids is 1. The molecule has 0 aliphatic carbocycles. The summed E-state index contributed by atoms with van der Waals surface area (Å²) in [6, 6.07) is 12.1. The average Bonchev–Trinajstić information content (AvgIpc) is 2.66. The molecule has 136 valence electrons. The van der Waals surface area contributed by atoms with Gasteiger partial charge < -0.3 is 20.5 Å². The van der Waals surface area contributed by atoms with Gasteiger partial charge in [0.15, 0.2) is 0 Å². The van der Waals surface area contributed by atoms with Gasteiger partial charge in [-0.1, -0.05) is 30.3 Å². The fourth-order valence-electron chi connectivity index (χ4n) is 3.33. The molecule has 1 amide bonds. The Morgan fingerprint density at radius 2 is 1.96 bits per heavy atom. The molecule has 2 aromatic rings. The van der Waals surface area contributed by atoms with Crippen LogP contribution in [0.5, 0.6) is 5.75 Å². The lowest BCUT2D eigenvalue weighted by Crippen LogP contribution is -2.49.